The van der Waals surface area contributed by atoms with Crippen LogP contribution in [0, 0.1) is 5.92 Å². The van der Waals surface area contributed by atoms with Crippen molar-refractivity contribution in [3.63, 3.8) is 0 Å². The van der Waals surface area contributed by atoms with Crippen molar-refractivity contribution in [1.29, 1.82) is 0 Å². The summed E-state index contributed by atoms with van der Waals surface area (Å²) in [6.07, 6.45) is 4.46. The van der Waals surface area contributed by atoms with Crippen LogP contribution < -0.4 is 5.73 Å². The van der Waals surface area contributed by atoms with Gasteiger partial charge in [0.25, 0.3) is 0 Å². The van der Waals surface area contributed by atoms with Crippen LogP contribution in [0.25, 0.3) is 0 Å². The zero-order chi connectivity index (χ0) is 12.7. The van der Waals surface area contributed by atoms with E-state index in [9.17, 15) is 4.79 Å². The highest BCUT2D eigenvalue weighted by Gasteiger charge is 2.23. The lowest BCUT2D eigenvalue weighted by Gasteiger charge is -2.23. The van der Waals surface area contributed by atoms with Gasteiger partial charge in [-0.1, -0.05) is 13.8 Å². The van der Waals surface area contributed by atoms with Gasteiger partial charge in [-0.25, -0.2) is 0 Å². The average Bonchev–Trinajstić information content (AvgIpc) is 2.59. The second-order valence-electron chi connectivity index (χ2n) is 4.89. The van der Waals surface area contributed by atoms with E-state index in [0.717, 1.165) is 45.4 Å². The van der Waals surface area contributed by atoms with E-state index in [1.807, 2.05) is 11.8 Å². The number of hydrogen-bond acceptors (Lipinski definition) is 3. The number of nitrogens with zero attached hydrogens (tertiary/aromatic N) is 1. The summed E-state index contributed by atoms with van der Waals surface area (Å²) in [6.45, 7) is 6.96. The lowest BCUT2D eigenvalue weighted by molar-refractivity contribution is -0.134. The van der Waals surface area contributed by atoms with E-state index in [1.165, 1.54) is 0 Å². The van der Waals surface area contributed by atoms with Crippen LogP contribution in [-0.2, 0) is 9.53 Å². The monoisotopic (exact) mass is 278 g/mol. The molecule has 0 spiro atoms. The number of nitrogens with two attached hydrogens (primary N) is 1. The van der Waals surface area contributed by atoms with Gasteiger partial charge in [-0.3, -0.25) is 4.79 Å². The molecule has 0 saturated carbocycles. The minimum Gasteiger partial charge on any atom is -0.378 e. The highest BCUT2D eigenvalue weighted by molar-refractivity contribution is 5.85. The number of rotatable bonds is 5. The van der Waals surface area contributed by atoms with Crippen molar-refractivity contribution in [2.24, 2.45) is 11.7 Å². The molecule has 18 heavy (non-hydrogen) atoms. The van der Waals surface area contributed by atoms with E-state index < -0.39 is 0 Å². The van der Waals surface area contributed by atoms with E-state index in [-0.39, 0.29) is 24.2 Å². The van der Waals surface area contributed by atoms with Gasteiger partial charge >= 0.3 is 0 Å². The predicted octanol–water partition coefficient (Wildman–Crippen LogP) is 1.81. The van der Waals surface area contributed by atoms with Gasteiger partial charge in [0, 0.05) is 32.2 Å². The SMILES string of the molecule is CCCOC1CCCN(C(=O)C(C)CN)CC1.Cl. The second kappa shape index (κ2) is 9.59. The lowest BCUT2D eigenvalue weighted by atomic mass is 10.1. The summed E-state index contributed by atoms with van der Waals surface area (Å²) >= 11 is 0. The molecule has 4 nitrogen and oxygen atoms in total. The zero-order valence-corrected chi connectivity index (χ0v) is 12.4. The first-order chi connectivity index (χ1) is 8.19. The van der Waals surface area contributed by atoms with Crippen molar-refractivity contribution in [1.82, 2.24) is 4.90 Å². The number of likely N-dealkylation sites (tertiary alicyclic amines) is 1. The number of halogens is 1. The molecule has 2 unspecified atom stereocenters. The Morgan fingerprint density at radius 1 is 1.44 bits per heavy atom. The number of carbonyl (C=O) groups excluding carboxylic acids is 1. The highest BCUT2D eigenvalue weighted by atomic mass is 35.5. The molecule has 0 aliphatic carbocycles. The molecular weight excluding hydrogens is 252 g/mol. The van der Waals surface area contributed by atoms with Crippen molar-refractivity contribution in [3.8, 4) is 0 Å². The minimum absolute atomic E-state index is 0. The van der Waals surface area contributed by atoms with Crippen LogP contribution in [0.5, 0.6) is 0 Å². The first-order valence-corrected chi connectivity index (χ1v) is 6.79. The van der Waals surface area contributed by atoms with Crippen molar-refractivity contribution in [2.75, 3.05) is 26.2 Å². The van der Waals surface area contributed by atoms with Crippen molar-refractivity contribution < 1.29 is 9.53 Å². The maximum atomic E-state index is 12.0. The smallest absolute Gasteiger partial charge is 0.226 e. The Morgan fingerprint density at radius 2 is 2.17 bits per heavy atom. The largest absolute Gasteiger partial charge is 0.378 e. The Balaban J connectivity index is 0.00000289. The van der Waals surface area contributed by atoms with Gasteiger partial charge < -0.3 is 15.4 Å². The summed E-state index contributed by atoms with van der Waals surface area (Å²) in [6, 6.07) is 0. The van der Waals surface area contributed by atoms with E-state index in [2.05, 4.69) is 6.92 Å². The molecule has 1 heterocycles. The Hall–Kier alpha value is -0.320. The van der Waals surface area contributed by atoms with Gasteiger partial charge in [0.15, 0.2) is 0 Å². The number of hydrogen-bond donors (Lipinski definition) is 1. The summed E-state index contributed by atoms with van der Waals surface area (Å²) < 4.78 is 5.76. The van der Waals surface area contributed by atoms with Gasteiger partial charge in [-0.05, 0) is 25.7 Å². The Bertz CT molecular complexity index is 239. The van der Waals surface area contributed by atoms with Crippen molar-refractivity contribution in [3.05, 3.63) is 0 Å². The van der Waals surface area contributed by atoms with Crippen molar-refractivity contribution >= 4 is 18.3 Å². The molecule has 5 heteroatoms. The first kappa shape index (κ1) is 17.7. The molecule has 108 valence electrons. The van der Waals surface area contributed by atoms with Gasteiger partial charge in [0.1, 0.15) is 0 Å². The molecule has 1 amide bonds. The molecule has 2 N–H and O–H groups in total. The summed E-state index contributed by atoms with van der Waals surface area (Å²) in [4.78, 5) is 14.0. The van der Waals surface area contributed by atoms with Crippen molar-refractivity contribution in [2.45, 2.75) is 45.6 Å². The van der Waals surface area contributed by atoms with Gasteiger partial charge in [0.2, 0.25) is 5.91 Å². The minimum atomic E-state index is -0.0527. The molecule has 2 atom stereocenters. The number of carbonyl (C=O) groups is 1. The van der Waals surface area contributed by atoms with Gasteiger partial charge in [-0.15, -0.1) is 12.4 Å². The quantitative estimate of drug-likeness (QED) is 0.834. The van der Waals surface area contributed by atoms with Crippen LogP contribution in [0.1, 0.15) is 39.5 Å². The first-order valence-electron chi connectivity index (χ1n) is 6.79. The Labute approximate surface area is 117 Å². The summed E-state index contributed by atoms with van der Waals surface area (Å²) in [5, 5.41) is 0. The molecule has 1 rings (SSSR count). The summed E-state index contributed by atoms with van der Waals surface area (Å²) in [5.74, 6) is 0.145. The normalized spacial score (nSPS) is 21.9. The summed E-state index contributed by atoms with van der Waals surface area (Å²) in [7, 11) is 0. The number of amides is 1. The lowest BCUT2D eigenvalue weighted by Crippen LogP contribution is -2.38. The number of ether oxygens (including phenoxy) is 1. The third-order valence-corrected chi connectivity index (χ3v) is 3.32. The molecule has 0 aromatic heterocycles. The van der Waals surface area contributed by atoms with E-state index in [0.29, 0.717) is 12.6 Å². The standard InChI is InChI=1S/C13H26N2O2.ClH/c1-3-9-17-12-5-4-7-15(8-6-12)13(16)11(2)10-14;/h11-12H,3-10,14H2,1-2H3;1H. The van der Waals surface area contributed by atoms with Crippen LogP contribution in [0.4, 0.5) is 0 Å². The molecule has 0 bridgehead atoms. The predicted molar refractivity (Wildman–Crippen MR) is 75.9 cm³/mol. The molecule has 1 aliphatic heterocycles. The molecule has 0 aromatic carbocycles. The van der Waals surface area contributed by atoms with Gasteiger partial charge in [0.05, 0.1) is 6.10 Å². The molecule has 0 aromatic rings. The third kappa shape index (κ3) is 5.55. The molecule has 1 aliphatic rings. The van der Waals surface area contributed by atoms with Crippen LogP contribution >= 0.6 is 12.4 Å². The van der Waals surface area contributed by atoms with Crippen LogP contribution in [-0.4, -0.2) is 43.2 Å². The second-order valence-corrected chi connectivity index (χ2v) is 4.89. The summed E-state index contributed by atoms with van der Waals surface area (Å²) in [5.41, 5.74) is 5.54. The van der Waals surface area contributed by atoms with E-state index >= 15 is 0 Å². The fourth-order valence-corrected chi connectivity index (χ4v) is 2.15. The molecular formula is C13H27ClN2O2. The van der Waals surface area contributed by atoms with E-state index in [1.54, 1.807) is 0 Å². The molecule has 1 fully saturated rings. The average molecular weight is 279 g/mol. The Morgan fingerprint density at radius 3 is 2.78 bits per heavy atom. The maximum absolute atomic E-state index is 12.0. The van der Waals surface area contributed by atoms with Crippen LogP contribution in [0.15, 0.2) is 0 Å². The Kier molecular flexibility index (Phi) is 9.42. The fourth-order valence-electron chi connectivity index (χ4n) is 2.15. The molecule has 1 saturated heterocycles. The van der Waals surface area contributed by atoms with Crippen LogP contribution in [0.2, 0.25) is 0 Å². The molecule has 0 radical (unpaired) electrons. The van der Waals surface area contributed by atoms with Crippen LogP contribution in [0.3, 0.4) is 0 Å². The van der Waals surface area contributed by atoms with E-state index in [4.69, 9.17) is 10.5 Å². The zero-order valence-electron chi connectivity index (χ0n) is 11.6. The fraction of sp³-hybridized carbons (Fsp3) is 0.923. The highest BCUT2D eigenvalue weighted by Crippen LogP contribution is 2.16. The van der Waals surface area contributed by atoms with Gasteiger partial charge in [-0.2, -0.15) is 0 Å². The maximum Gasteiger partial charge on any atom is 0.226 e. The topological polar surface area (TPSA) is 55.6 Å². The third-order valence-electron chi connectivity index (χ3n) is 3.32.